The largest absolute Gasteiger partial charge is 0.497 e. The number of hydrogen-bond donors (Lipinski definition) is 1. The zero-order valence-corrected chi connectivity index (χ0v) is 13.2. The van der Waals surface area contributed by atoms with Crippen LogP contribution < -0.4 is 4.74 Å². The minimum atomic E-state index is -0.416. The number of aromatic amines is 1. The molecule has 0 aliphatic heterocycles. The minimum Gasteiger partial charge on any atom is -0.497 e. The molecule has 3 rings (SSSR count). The maximum atomic E-state index is 11.9. The van der Waals surface area contributed by atoms with Crippen molar-refractivity contribution in [1.82, 2.24) is 15.2 Å². The fraction of sp³-hybridized carbons (Fsp3) is 0.167. The second kappa shape index (κ2) is 7.41. The Bertz CT molecular complexity index is 802. The SMILES string of the molecule is COc1cc(COC(=O)c2cn[nH]c2)cc(Cc2cccnc2)c1. The third-order valence-corrected chi connectivity index (χ3v) is 3.50. The van der Waals surface area contributed by atoms with Gasteiger partial charge in [0.25, 0.3) is 0 Å². The van der Waals surface area contributed by atoms with Gasteiger partial charge in [0.15, 0.2) is 0 Å². The van der Waals surface area contributed by atoms with E-state index in [0.717, 1.165) is 28.9 Å². The molecular weight excluding hydrogens is 306 g/mol. The van der Waals surface area contributed by atoms with Crippen LogP contribution in [0.1, 0.15) is 27.0 Å². The van der Waals surface area contributed by atoms with E-state index >= 15 is 0 Å². The number of hydrogen-bond acceptors (Lipinski definition) is 5. The molecule has 24 heavy (non-hydrogen) atoms. The number of carbonyl (C=O) groups excluding carboxylic acids is 1. The summed E-state index contributed by atoms with van der Waals surface area (Å²) >= 11 is 0. The van der Waals surface area contributed by atoms with Crippen molar-refractivity contribution in [2.24, 2.45) is 0 Å². The van der Waals surface area contributed by atoms with Gasteiger partial charge in [-0.3, -0.25) is 10.1 Å². The molecule has 6 heteroatoms. The Morgan fingerprint density at radius 3 is 2.75 bits per heavy atom. The lowest BCUT2D eigenvalue weighted by Crippen LogP contribution is -2.04. The molecule has 0 radical (unpaired) electrons. The summed E-state index contributed by atoms with van der Waals surface area (Å²) in [6.07, 6.45) is 7.24. The van der Waals surface area contributed by atoms with Crippen molar-refractivity contribution in [3.8, 4) is 5.75 Å². The summed E-state index contributed by atoms with van der Waals surface area (Å²) in [5, 5.41) is 6.32. The van der Waals surface area contributed by atoms with Gasteiger partial charge in [-0.1, -0.05) is 12.1 Å². The van der Waals surface area contributed by atoms with Crippen LogP contribution in [0, 0.1) is 0 Å². The van der Waals surface area contributed by atoms with Crippen LogP contribution in [0.25, 0.3) is 0 Å². The molecule has 0 fully saturated rings. The molecule has 0 atom stereocenters. The summed E-state index contributed by atoms with van der Waals surface area (Å²) in [5.41, 5.74) is 3.43. The van der Waals surface area contributed by atoms with E-state index in [-0.39, 0.29) is 6.61 Å². The van der Waals surface area contributed by atoms with Crippen molar-refractivity contribution in [2.75, 3.05) is 7.11 Å². The van der Waals surface area contributed by atoms with Crippen molar-refractivity contribution < 1.29 is 14.3 Å². The topological polar surface area (TPSA) is 77.1 Å². The predicted octanol–water partition coefficient (Wildman–Crippen LogP) is 2.76. The van der Waals surface area contributed by atoms with Gasteiger partial charge in [-0.05, 0) is 41.3 Å². The molecule has 0 saturated heterocycles. The first-order chi connectivity index (χ1) is 11.7. The van der Waals surface area contributed by atoms with Gasteiger partial charge in [-0.2, -0.15) is 5.10 Å². The number of pyridine rings is 1. The normalized spacial score (nSPS) is 10.4. The van der Waals surface area contributed by atoms with Crippen LogP contribution in [0.4, 0.5) is 0 Å². The molecular formula is C18H17N3O3. The van der Waals surface area contributed by atoms with Gasteiger partial charge in [-0.15, -0.1) is 0 Å². The van der Waals surface area contributed by atoms with E-state index in [4.69, 9.17) is 9.47 Å². The van der Waals surface area contributed by atoms with Crippen LogP contribution in [0.2, 0.25) is 0 Å². The number of H-pyrrole nitrogens is 1. The van der Waals surface area contributed by atoms with Gasteiger partial charge in [0.05, 0.1) is 18.9 Å². The molecule has 2 heterocycles. The Balaban J connectivity index is 1.73. The fourth-order valence-corrected chi connectivity index (χ4v) is 2.36. The Kier molecular flexibility index (Phi) is 4.86. The van der Waals surface area contributed by atoms with E-state index in [1.54, 1.807) is 13.3 Å². The third kappa shape index (κ3) is 3.98. The average Bonchev–Trinajstić information content (AvgIpc) is 3.15. The van der Waals surface area contributed by atoms with E-state index in [0.29, 0.717) is 5.56 Å². The van der Waals surface area contributed by atoms with Crippen LogP contribution in [0.5, 0.6) is 5.75 Å². The Morgan fingerprint density at radius 2 is 2.04 bits per heavy atom. The highest BCUT2D eigenvalue weighted by Crippen LogP contribution is 2.20. The number of nitrogens with one attached hydrogen (secondary N) is 1. The molecule has 0 aliphatic rings. The van der Waals surface area contributed by atoms with Crippen molar-refractivity contribution in [3.63, 3.8) is 0 Å². The molecule has 122 valence electrons. The number of rotatable bonds is 6. The molecule has 0 amide bonds. The maximum absolute atomic E-state index is 11.9. The number of ether oxygens (including phenoxy) is 2. The molecule has 1 aromatic carbocycles. The highest BCUT2D eigenvalue weighted by Gasteiger charge is 2.10. The average molecular weight is 323 g/mol. The van der Waals surface area contributed by atoms with Gasteiger partial charge in [0.1, 0.15) is 12.4 Å². The number of aromatic nitrogens is 3. The van der Waals surface area contributed by atoms with Gasteiger partial charge in [-0.25, -0.2) is 4.79 Å². The number of benzene rings is 1. The summed E-state index contributed by atoms with van der Waals surface area (Å²) in [6, 6.07) is 9.75. The minimum absolute atomic E-state index is 0.168. The van der Waals surface area contributed by atoms with Crippen LogP contribution in [-0.4, -0.2) is 28.3 Å². The van der Waals surface area contributed by atoms with Crippen molar-refractivity contribution in [1.29, 1.82) is 0 Å². The zero-order valence-electron chi connectivity index (χ0n) is 13.2. The van der Waals surface area contributed by atoms with Crippen LogP contribution in [0.3, 0.4) is 0 Å². The molecule has 1 N–H and O–H groups in total. The van der Waals surface area contributed by atoms with Gasteiger partial charge >= 0.3 is 5.97 Å². The first kappa shape index (κ1) is 15.7. The first-order valence-corrected chi connectivity index (χ1v) is 7.46. The monoisotopic (exact) mass is 323 g/mol. The summed E-state index contributed by atoms with van der Waals surface area (Å²) < 4.78 is 10.7. The second-order valence-corrected chi connectivity index (χ2v) is 5.29. The Morgan fingerprint density at radius 1 is 1.17 bits per heavy atom. The lowest BCUT2D eigenvalue weighted by atomic mass is 10.0. The molecule has 3 aromatic rings. The van der Waals surface area contributed by atoms with Crippen molar-refractivity contribution in [3.05, 3.63) is 77.4 Å². The first-order valence-electron chi connectivity index (χ1n) is 7.46. The Hall–Kier alpha value is -3.15. The highest BCUT2D eigenvalue weighted by molar-refractivity contribution is 5.88. The predicted molar refractivity (Wildman–Crippen MR) is 87.7 cm³/mol. The second-order valence-electron chi connectivity index (χ2n) is 5.29. The van der Waals surface area contributed by atoms with Crippen LogP contribution >= 0.6 is 0 Å². The number of nitrogens with zero attached hydrogens (tertiary/aromatic N) is 2. The lowest BCUT2D eigenvalue weighted by molar-refractivity contribution is 0.0472. The molecule has 0 saturated carbocycles. The fourth-order valence-electron chi connectivity index (χ4n) is 2.36. The van der Waals surface area contributed by atoms with E-state index in [9.17, 15) is 4.79 Å². The third-order valence-electron chi connectivity index (χ3n) is 3.50. The van der Waals surface area contributed by atoms with E-state index in [2.05, 4.69) is 15.2 Å². The number of methoxy groups -OCH3 is 1. The summed E-state index contributed by atoms with van der Waals surface area (Å²) in [6.45, 7) is 0.168. The van der Waals surface area contributed by atoms with E-state index in [1.807, 2.05) is 36.5 Å². The van der Waals surface area contributed by atoms with E-state index in [1.165, 1.54) is 12.4 Å². The quantitative estimate of drug-likeness (QED) is 0.706. The summed E-state index contributed by atoms with van der Waals surface area (Å²) in [5.74, 6) is 0.311. The molecule has 0 aliphatic carbocycles. The van der Waals surface area contributed by atoms with Crippen LogP contribution in [-0.2, 0) is 17.8 Å². The summed E-state index contributed by atoms with van der Waals surface area (Å²) in [4.78, 5) is 16.0. The highest BCUT2D eigenvalue weighted by atomic mass is 16.5. The number of esters is 1. The smallest absolute Gasteiger partial charge is 0.341 e. The Labute approximate surface area is 139 Å². The lowest BCUT2D eigenvalue weighted by Gasteiger charge is -2.10. The zero-order chi connectivity index (χ0) is 16.8. The van der Waals surface area contributed by atoms with Gasteiger partial charge in [0, 0.05) is 18.6 Å². The van der Waals surface area contributed by atoms with E-state index < -0.39 is 5.97 Å². The molecule has 2 aromatic heterocycles. The summed E-state index contributed by atoms with van der Waals surface area (Å²) in [7, 11) is 1.62. The van der Waals surface area contributed by atoms with Crippen LogP contribution in [0.15, 0.2) is 55.1 Å². The van der Waals surface area contributed by atoms with Gasteiger partial charge in [0.2, 0.25) is 0 Å². The maximum Gasteiger partial charge on any atom is 0.341 e. The van der Waals surface area contributed by atoms with Crippen molar-refractivity contribution >= 4 is 5.97 Å². The molecule has 0 unspecified atom stereocenters. The molecule has 0 spiro atoms. The molecule has 0 bridgehead atoms. The van der Waals surface area contributed by atoms with Gasteiger partial charge < -0.3 is 9.47 Å². The molecule has 6 nitrogen and oxygen atoms in total. The van der Waals surface area contributed by atoms with Crippen molar-refractivity contribution in [2.45, 2.75) is 13.0 Å². The number of carbonyl (C=O) groups is 1. The standard InChI is InChI=1S/C18H17N3O3/c1-23-17-7-14(5-13-3-2-4-19-9-13)6-15(8-17)12-24-18(22)16-10-20-21-11-16/h2-4,6-11H,5,12H2,1H3,(H,20,21).